The van der Waals surface area contributed by atoms with Gasteiger partial charge in [0.25, 0.3) is 0 Å². The molecule has 17 heavy (non-hydrogen) atoms. The Balaban J connectivity index is 2.87. The predicted molar refractivity (Wildman–Crippen MR) is 77.8 cm³/mol. The normalized spacial score (nSPS) is 14.1. The van der Waals surface area contributed by atoms with Gasteiger partial charge in [0.05, 0.1) is 5.38 Å². The van der Waals surface area contributed by atoms with E-state index in [1.807, 2.05) is 0 Å². The molecule has 96 valence electrons. The molecule has 1 rings (SSSR count). The van der Waals surface area contributed by atoms with Gasteiger partial charge in [-0.3, -0.25) is 0 Å². The molecular weight excluding hydrogens is 228 g/mol. The molecule has 0 nitrogen and oxygen atoms in total. The topological polar surface area (TPSA) is 0 Å². The van der Waals surface area contributed by atoms with Crippen molar-refractivity contribution in [3.8, 4) is 0 Å². The molecule has 0 spiro atoms. The lowest BCUT2D eigenvalue weighted by atomic mass is 9.85. The molecule has 0 aromatic heterocycles. The molecule has 0 aliphatic rings. The SMILES string of the molecule is CCC(CC)C(Cl)c1ccc(C(C)(C)C)cc1. The Labute approximate surface area is 111 Å². The second-order valence-corrected chi connectivity index (χ2v) is 6.32. The van der Waals surface area contributed by atoms with Crippen molar-refractivity contribution in [3.63, 3.8) is 0 Å². The van der Waals surface area contributed by atoms with Crippen LogP contribution in [0.15, 0.2) is 24.3 Å². The van der Waals surface area contributed by atoms with Gasteiger partial charge in [-0.25, -0.2) is 0 Å². The van der Waals surface area contributed by atoms with Crippen LogP contribution in [0.3, 0.4) is 0 Å². The van der Waals surface area contributed by atoms with Gasteiger partial charge < -0.3 is 0 Å². The van der Waals surface area contributed by atoms with Crippen LogP contribution in [-0.2, 0) is 5.41 Å². The largest absolute Gasteiger partial charge is 0.118 e. The van der Waals surface area contributed by atoms with Gasteiger partial charge in [0, 0.05) is 0 Å². The van der Waals surface area contributed by atoms with Crippen molar-refractivity contribution in [3.05, 3.63) is 35.4 Å². The predicted octanol–water partition coefficient (Wildman–Crippen LogP) is 5.70. The summed E-state index contributed by atoms with van der Waals surface area (Å²) in [4.78, 5) is 0. The summed E-state index contributed by atoms with van der Waals surface area (Å²) in [5, 5.41) is 0.152. The van der Waals surface area contributed by atoms with Crippen LogP contribution in [0.2, 0.25) is 0 Å². The third-order valence-electron chi connectivity index (χ3n) is 3.56. The van der Waals surface area contributed by atoms with Crippen molar-refractivity contribution in [2.75, 3.05) is 0 Å². The minimum atomic E-state index is 0.152. The second-order valence-electron chi connectivity index (χ2n) is 5.85. The molecule has 0 bridgehead atoms. The van der Waals surface area contributed by atoms with E-state index in [4.69, 9.17) is 11.6 Å². The summed E-state index contributed by atoms with van der Waals surface area (Å²) in [5.41, 5.74) is 2.85. The van der Waals surface area contributed by atoms with Crippen LogP contribution in [0, 0.1) is 5.92 Å². The number of hydrogen-bond acceptors (Lipinski definition) is 0. The Hall–Kier alpha value is -0.490. The summed E-state index contributed by atoms with van der Waals surface area (Å²) >= 11 is 6.54. The molecular formula is C16H25Cl. The number of halogens is 1. The lowest BCUT2D eigenvalue weighted by Gasteiger charge is -2.22. The molecule has 1 atom stereocenters. The van der Waals surface area contributed by atoms with E-state index in [0.29, 0.717) is 5.92 Å². The molecule has 1 aromatic rings. The lowest BCUT2D eigenvalue weighted by molar-refractivity contribution is 0.475. The van der Waals surface area contributed by atoms with E-state index in [2.05, 4.69) is 58.9 Å². The first kappa shape index (κ1) is 14.6. The first-order chi connectivity index (χ1) is 7.90. The Kier molecular flexibility index (Phi) is 5.06. The van der Waals surface area contributed by atoms with Gasteiger partial charge in [0.1, 0.15) is 0 Å². The molecule has 0 fully saturated rings. The fourth-order valence-corrected chi connectivity index (χ4v) is 2.64. The average Bonchev–Trinajstić information content (AvgIpc) is 2.29. The molecule has 0 N–H and O–H groups in total. The molecule has 0 aliphatic carbocycles. The van der Waals surface area contributed by atoms with Crippen LogP contribution >= 0.6 is 11.6 Å². The Morgan fingerprint density at radius 3 is 1.82 bits per heavy atom. The molecule has 0 saturated carbocycles. The van der Waals surface area contributed by atoms with Gasteiger partial charge in [-0.15, -0.1) is 11.6 Å². The highest BCUT2D eigenvalue weighted by atomic mass is 35.5. The zero-order valence-electron chi connectivity index (χ0n) is 11.8. The summed E-state index contributed by atoms with van der Waals surface area (Å²) in [6, 6.07) is 8.81. The average molecular weight is 253 g/mol. The van der Waals surface area contributed by atoms with Gasteiger partial charge >= 0.3 is 0 Å². The Morgan fingerprint density at radius 2 is 1.47 bits per heavy atom. The van der Waals surface area contributed by atoms with E-state index in [1.165, 1.54) is 11.1 Å². The third kappa shape index (κ3) is 3.74. The second kappa shape index (κ2) is 5.91. The summed E-state index contributed by atoms with van der Waals surface area (Å²) in [5.74, 6) is 0.581. The van der Waals surface area contributed by atoms with Crippen LogP contribution in [0.1, 0.15) is 64.0 Å². The summed E-state index contributed by atoms with van der Waals surface area (Å²) in [6.45, 7) is 11.1. The van der Waals surface area contributed by atoms with E-state index in [-0.39, 0.29) is 10.8 Å². The van der Waals surface area contributed by atoms with Gasteiger partial charge in [-0.2, -0.15) is 0 Å². The smallest absolute Gasteiger partial charge is 0.0613 e. The highest BCUT2D eigenvalue weighted by Gasteiger charge is 2.19. The van der Waals surface area contributed by atoms with E-state index >= 15 is 0 Å². The molecule has 1 unspecified atom stereocenters. The maximum atomic E-state index is 6.54. The first-order valence-electron chi connectivity index (χ1n) is 6.64. The summed E-state index contributed by atoms with van der Waals surface area (Å²) in [7, 11) is 0. The molecule has 1 aromatic carbocycles. The minimum Gasteiger partial charge on any atom is -0.118 e. The molecule has 0 amide bonds. The molecule has 0 aliphatic heterocycles. The number of hydrogen-bond donors (Lipinski definition) is 0. The van der Waals surface area contributed by atoms with E-state index in [0.717, 1.165) is 12.8 Å². The van der Waals surface area contributed by atoms with Crippen molar-refractivity contribution in [2.24, 2.45) is 5.92 Å². The lowest BCUT2D eigenvalue weighted by Crippen LogP contribution is -2.11. The van der Waals surface area contributed by atoms with Crippen LogP contribution in [0.25, 0.3) is 0 Å². The van der Waals surface area contributed by atoms with Crippen molar-refractivity contribution < 1.29 is 0 Å². The highest BCUT2D eigenvalue weighted by molar-refractivity contribution is 6.21. The Bertz CT molecular complexity index is 328. The fourth-order valence-electron chi connectivity index (χ4n) is 2.14. The minimum absolute atomic E-state index is 0.152. The van der Waals surface area contributed by atoms with Crippen molar-refractivity contribution >= 4 is 11.6 Å². The van der Waals surface area contributed by atoms with Crippen LogP contribution < -0.4 is 0 Å². The van der Waals surface area contributed by atoms with Crippen LogP contribution in [0.4, 0.5) is 0 Å². The molecule has 0 heterocycles. The van der Waals surface area contributed by atoms with E-state index in [9.17, 15) is 0 Å². The number of alkyl halides is 1. The zero-order chi connectivity index (χ0) is 13.1. The molecule has 0 saturated heterocycles. The van der Waals surface area contributed by atoms with E-state index in [1.54, 1.807) is 0 Å². The van der Waals surface area contributed by atoms with Crippen molar-refractivity contribution in [2.45, 2.75) is 58.3 Å². The van der Waals surface area contributed by atoms with Gasteiger partial charge in [0.15, 0.2) is 0 Å². The monoisotopic (exact) mass is 252 g/mol. The van der Waals surface area contributed by atoms with Gasteiger partial charge in [-0.1, -0.05) is 71.7 Å². The maximum Gasteiger partial charge on any atom is 0.0613 e. The third-order valence-corrected chi connectivity index (χ3v) is 4.17. The van der Waals surface area contributed by atoms with Gasteiger partial charge in [0.2, 0.25) is 0 Å². The quantitative estimate of drug-likeness (QED) is 0.603. The van der Waals surface area contributed by atoms with E-state index < -0.39 is 0 Å². The summed E-state index contributed by atoms with van der Waals surface area (Å²) < 4.78 is 0. The number of rotatable bonds is 4. The highest BCUT2D eigenvalue weighted by Crippen LogP contribution is 2.34. The summed E-state index contributed by atoms with van der Waals surface area (Å²) in [6.07, 6.45) is 2.29. The molecule has 1 heteroatoms. The van der Waals surface area contributed by atoms with Crippen molar-refractivity contribution in [1.82, 2.24) is 0 Å². The number of benzene rings is 1. The Morgan fingerprint density at radius 1 is 1.00 bits per heavy atom. The van der Waals surface area contributed by atoms with Crippen LogP contribution in [0.5, 0.6) is 0 Å². The fraction of sp³-hybridized carbons (Fsp3) is 0.625. The standard InChI is InChI=1S/C16H25Cl/c1-6-12(7-2)15(17)13-8-10-14(11-9-13)16(3,4)5/h8-12,15H,6-7H2,1-5H3. The van der Waals surface area contributed by atoms with Crippen LogP contribution in [-0.4, -0.2) is 0 Å². The maximum absolute atomic E-state index is 6.54. The zero-order valence-corrected chi connectivity index (χ0v) is 12.5. The molecule has 0 radical (unpaired) electrons. The van der Waals surface area contributed by atoms with Gasteiger partial charge in [-0.05, 0) is 22.5 Å². The first-order valence-corrected chi connectivity index (χ1v) is 7.08. The van der Waals surface area contributed by atoms with Crippen molar-refractivity contribution in [1.29, 1.82) is 0 Å².